The Morgan fingerprint density at radius 1 is 1.07 bits per heavy atom. The predicted molar refractivity (Wildman–Crippen MR) is 63.3 cm³/mol. The standard InChI is InChI=1S/C11H13BrO3/c1-13-5-4-8-6-9(12)11(15-3)7-10(8)14-2/h4-7H,1-3H3. The fourth-order valence-corrected chi connectivity index (χ4v) is 1.68. The summed E-state index contributed by atoms with van der Waals surface area (Å²) in [5.41, 5.74) is 0.923. The molecule has 4 heteroatoms. The van der Waals surface area contributed by atoms with Gasteiger partial charge in [-0.15, -0.1) is 0 Å². The van der Waals surface area contributed by atoms with Crippen LogP contribution in [0.3, 0.4) is 0 Å². The lowest BCUT2D eigenvalue weighted by Crippen LogP contribution is -1.91. The molecule has 0 bridgehead atoms. The number of rotatable bonds is 4. The van der Waals surface area contributed by atoms with Crippen LogP contribution >= 0.6 is 15.9 Å². The van der Waals surface area contributed by atoms with Gasteiger partial charge in [-0.3, -0.25) is 0 Å². The van der Waals surface area contributed by atoms with Crippen molar-refractivity contribution in [3.63, 3.8) is 0 Å². The Bertz CT molecular complexity index is 361. The molecule has 3 nitrogen and oxygen atoms in total. The van der Waals surface area contributed by atoms with Gasteiger partial charge in [-0.1, -0.05) is 0 Å². The Labute approximate surface area is 97.8 Å². The van der Waals surface area contributed by atoms with Gasteiger partial charge < -0.3 is 14.2 Å². The second-order valence-electron chi connectivity index (χ2n) is 2.77. The summed E-state index contributed by atoms with van der Waals surface area (Å²) in [5.74, 6) is 1.48. The van der Waals surface area contributed by atoms with Crippen molar-refractivity contribution in [1.29, 1.82) is 0 Å². The van der Waals surface area contributed by atoms with Gasteiger partial charge in [-0.05, 0) is 28.1 Å². The molecule has 15 heavy (non-hydrogen) atoms. The zero-order valence-electron chi connectivity index (χ0n) is 8.91. The Hall–Kier alpha value is -1.16. The molecule has 0 aliphatic rings. The molecule has 0 atom stereocenters. The first-order chi connectivity index (χ1) is 7.22. The second-order valence-corrected chi connectivity index (χ2v) is 3.62. The molecule has 0 fully saturated rings. The van der Waals surface area contributed by atoms with Crippen LogP contribution in [0.5, 0.6) is 11.5 Å². The third-order valence-electron chi connectivity index (χ3n) is 1.89. The van der Waals surface area contributed by atoms with Gasteiger partial charge in [-0.25, -0.2) is 0 Å². The first-order valence-corrected chi connectivity index (χ1v) is 5.13. The van der Waals surface area contributed by atoms with Crippen LogP contribution in [0.25, 0.3) is 6.08 Å². The Morgan fingerprint density at radius 3 is 2.27 bits per heavy atom. The van der Waals surface area contributed by atoms with Gasteiger partial charge in [0.2, 0.25) is 0 Å². The van der Waals surface area contributed by atoms with Crippen molar-refractivity contribution in [2.45, 2.75) is 0 Å². The van der Waals surface area contributed by atoms with E-state index in [4.69, 9.17) is 14.2 Å². The maximum Gasteiger partial charge on any atom is 0.136 e. The quantitative estimate of drug-likeness (QED) is 0.789. The molecule has 0 radical (unpaired) electrons. The van der Waals surface area contributed by atoms with Crippen LogP contribution in [0.15, 0.2) is 22.9 Å². The smallest absolute Gasteiger partial charge is 0.136 e. The highest BCUT2D eigenvalue weighted by Crippen LogP contribution is 2.33. The van der Waals surface area contributed by atoms with Crippen molar-refractivity contribution in [1.82, 2.24) is 0 Å². The van der Waals surface area contributed by atoms with E-state index in [2.05, 4.69) is 15.9 Å². The zero-order valence-corrected chi connectivity index (χ0v) is 10.5. The molecular formula is C11H13BrO3. The lowest BCUT2D eigenvalue weighted by molar-refractivity contribution is 0.341. The average molecular weight is 273 g/mol. The molecule has 82 valence electrons. The van der Waals surface area contributed by atoms with E-state index in [0.29, 0.717) is 0 Å². The van der Waals surface area contributed by atoms with Crippen molar-refractivity contribution >= 4 is 22.0 Å². The van der Waals surface area contributed by atoms with E-state index in [-0.39, 0.29) is 0 Å². The summed E-state index contributed by atoms with van der Waals surface area (Å²) in [5, 5.41) is 0. The van der Waals surface area contributed by atoms with Gasteiger partial charge in [0, 0.05) is 11.6 Å². The van der Waals surface area contributed by atoms with Crippen LogP contribution in [0.4, 0.5) is 0 Å². The SMILES string of the molecule is COC=Cc1cc(Br)c(OC)cc1OC. The lowest BCUT2D eigenvalue weighted by Gasteiger charge is -2.09. The van der Waals surface area contributed by atoms with E-state index in [1.54, 1.807) is 27.6 Å². The molecule has 0 amide bonds. The largest absolute Gasteiger partial charge is 0.504 e. The molecule has 0 saturated heterocycles. The molecule has 1 rings (SSSR count). The Kier molecular flexibility index (Phi) is 4.49. The summed E-state index contributed by atoms with van der Waals surface area (Å²) in [4.78, 5) is 0. The van der Waals surface area contributed by atoms with Gasteiger partial charge in [0.1, 0.15) is 11.5 Å². The highest BCUT2D eigenvalue weighted by Gasteiger charge is 2.07. The van der Waals surface area contributed by atoms with Crippen LogP contribution < -0.4 is 9.47 Å². The van der Waals surface area contributed by atoms with Gasteiger partial charge >= 0.3 is 0 Å². The van der Waals surface area contributed by atoms with Gasteiger partial charge in [0.05, 0.1) is 32.1 Å². The number of hydrogen-bond donors (Lipinski definition) is 0. The van der Waals surface area contributed by atoms with E-state index < -0.39 is 0 Å². The van der Waals surface area contributed by atoms with Crippen LogP contribution in [0, 0.1) is 0 Å². The molecule has 0 unspecified atom stereocenters. The fraction of sp³-hybridized carbons (Fsp3) is 0.273. The molecule has 0 aliphatic heterocycles. The molecule has 0 spiro atoms. The molecule has 1 aromatic rings. The lowest BCUT2D eigenvalue weighted by atomic mass is 10.2. The third kappa shape index (κ3) is 2.89. The monoisotopic (exact) mass is 272 g/mol. The van der Waals surface area contributed by atoms with Crippen molar-refractivity contribution in [2.75, 3.05) is 21.3 Å². The summed E-state index contributed by atoms with van der Waals surface area (Å²) in [6.07, 6.45) is 3.42. The van der Waals surface area contributed by atoms with Crippen LogP contribution in [-0.2, 0) is 4.74 Å². The topological polar surface area (TPSA) is 27.7 Å². The van der Waals surface area contributed by atoms with Crippen LogP contribution in [-0.4, -0.2) is 21.3 Å². The first-order valence-electron chi connectivity index (χ1n) is 4.33. The maximum atomic E-state index is 5.23. The van der Waals surface area contributed by atoms with E-state index >= 15 is 0 Å². The van der Waals surface area contributed by atoms with E-state index in [1.807, 2.05) is 18.2 Å². The molecule has 0 heterocycles. The number of hydrogen-bond acceptors (Lipinski definition) is 3. The van der Waals surface area contributed by atoms with Crippen LogP contribution in [0.2, 0.25) is 0 Å². The van der Waals surface area contributed by atoms with Crippen LogP contribution in [0.1, 0.15) is 5.56 Å². The molecule has 0 aromatic heterocycles. The number of methoxy groups -OCH3 is 3. The average Bonchev–Trinajstić information content (AvgIpc) is 2.26. The predicted octanol–water partition coefficient (Wildman–Crippen LogP) is 3.08. The molecule has 0 aliphatic carbocycles. The minimum atomic E-state index is 0.737. The summed E-state index contributed by atoms with van der Waals surface area (Å²) in [6, 6.07) is 3.73. The van der Waals surface area contributed by atoms with Gasteiger partial charge in [-0.2, -0.15) is 0 Å². The summed E-state index contributed by atoms with van der Waals surface area (Å²) < 4.78 is 16.1. The number of ether oxygens (including phenoxy) is 3. The van der Waals surface area contributed by atoms with Crippen molar-refractivity contribution in [2.24, 2.45) is 0 Å². The molecule has 0 saturated carbocycles. The third-order valence-corrected chi connectivity index (χ3v) is 2.51. The molecule has 1 aromatic carbocycles. The fourth-order valence-electron chi connectivity index (χ4n) is 1.15. The summed E-state index contributed by atoms with van der Waals surface area (Å²) in [6.45, 7) is 0. The molecular weight excluding hydrogens is 260 g/mol. The Balaban J connectivity index is 3.15. The highest BCUT2D eigenvalue weighted by atomic mass is 79.9. The molecule has 0 N–H and O–H groups in total. The minimum absolute atomic E-state index is 0.737. The summed E-state index contributed by atoms with van der Waals surface area (Å²) >= 11 is 3.41. The zero-order chi connectivity index (χ0) is 11.3. The first kappa shape index (κ1) is 11.9. The van der Waals surface area contributed by atoms with Crippen molar-refractivity contribution in [3.8, 4) is 11.5 Å². The minimum Gasteiger partial charge on any atom is -0.504 e. The highest BCUT2D eigenvalue weighted by molar-refractivity contribution is 9.10. The van der Waals surface area contributed by atoms with E-state index in [1.165, 1.54) is 0 Å². The normalized spacial score (nSPS) is 10.4. The number of benzene rings is 1. The van der Waals surface area contributed by atoms with Crippen molar-refractivity contribution < 1.29 is 14.2 Å². The number of halogens is 1. The van der Waals surface area contributed by atoms with Crippen molar-refractivity contribution in [3.05, 3.63) is 28.4 Å². The van der Waals surface area contributed by atoms with Gasteiger partial charge in [0.15, 0.2) is 0 Å². The second kappa shape index (κ2) is 5.66. The van der Waals surface area contributed by atoms with E-state index in [9.17, 15) is 0 Å². The van der Waals surface area contributed by atoms with Gasteiger partial charge in [0.25, 0.3) is 0 Å². The maximum absolute atomic E-state index is 5.23. The Morgan fingerprint density at radius 2 is 1.73 bits per heavy atom. The summed E-state index contributed by atoms with van der Waals surface area (Å²) in [7, 11) is 4.83. The van der Waals surface area contributed by atoms with E-state index in [0.717, 1.165) is 21.5 Å².